The number of ether oxygens (including phenoxy) is 1. The van der Waals surface area contributed by atoms with Crippen LogP contribution in [0.25, 0.3) is 0 Å². The summed E-state index contributed by atoms with van der Waals surface area (Å²) in [7, 11) is 0. The largest absolute Gasteiger partial charge is 0.382 e. The van der Waals surface area contributed by atoms with E-state index in [0.29, 0.717) is 6.04 Å². The highest BCUT2D eigenvalue weighted by molar-refractivity contribution is 9.11. The lowest BCUT2D eigenvalue weighted by Crippen LogP contribution is -2.37. The topological polar surface area (TPSA) is 47.3 Å². The van der Waals surface area contributed by atoms with E-state index in [2.05, 4.69) is 33.5 Å². The fourth-order valence-electron chi connectivity index (χ4n) is 1.32. The minimum atomic E-state index is 0.294. The van der Waals surface area contributed by atoms with Crippen LogP contribution in [0.15, 0.2) is 15.9 Å². The van der Waals surface area contributed by atoms with Gasteiger partial charge in [0.2, 0.25) is 0 Å². The van der Waals surface area contributed by atoms with Crippen molar-refractivity contribution in [3.8, 4) is 0 Å². The normalized spacial score (nSPS) is 13.0. The zero-order valence-electron chi connectivity index (χ0n) is 8.83. The maximum atomic E-state index is 5.50. The second kappa shape index (κ2) is 7.35. The predicted octanol–water partition coefficient (Wildman–Crippen LogP) is 2.31. The van der Waals surface area contributed by atoms with Crippen LogP contribution in [0.3, 0.4) is 0 Å². The summed E-state index contributed by atoms with van der Waals surface area (Å²) < 4.78 is 6.47. The molecule has 5 heteroatoms. The van der Waals surface area contributed by atoms with E-state index in [-0.39, 0.29) is 0 Å². The van der Waals surface area contributed by atoms with Gasteiger partial charge in [-0.15, -0.1) is 11.3 Å². The molecule has 15 heavy (non-hydrogen) atoms. The molecule has 86 valence electrons. The fraction of sp³-hybridized carbons (Fsp3) is 0.600. The minimum absolute atomic E-state index is 0.294. The number of halogens is 1. The van der Waals surface area contributed by atoms with Crippen LogP contribution in [0.1, 0.15) is 18.2 Å². The SMILES string of the molecule is CCOCCC(Cc1ccc(Br)s1)NN. The monoisotopic (exact) mass is 292 g/mol. The average molecular weight is 293 g/mol. The van der Waals surface area contributed by atoms with E-state index in [1.165, 1.54) is 4.88 Å². The van der Waals surface area contributed by atoms with Gasteiger partial charge in [-0.2, -0.15) is 0 Å². The van der Waals surface area contributed by atoms with Gasteiger partial charge in [0.05, 0.1) is 3.79 Å². The molecule has 0 aliphatic heterocycles. The molecule has 1 aromatic rings. The molecular formula is C10H17BrN2OS. The van der Waals surface area contributed by atoms with E-state index in [1.807, 2.05) is 6.92 Å². The molecule has 3 N–H and O–H groups in total. The lowest BCUT2D eigenvalue weighted by Gasteiger charge is -2.14. The van der Waals surface area contributed by atoms with Gasteiger partial charge in [-0.05, 0) is 47.8 Å². The zero-order valence-corrected chi connectivity index (χ0v) is 11.2. The quantitative estimate of drug-likeness (QED) is 0.461. The van der Waals surface area contributed by atoms with Gasteiger partial charge in [0.15, 0.2) is 0 Å². The third kappa shape index (κ3) is 5.08. The number of hydrogen-bond acceptors (Lipinski definition) is 4. The first-order valence-electron chi connectivity index (χ1n) is 5.04. The lowest BCUT2D eigenvalue weighted by atomic mass is 10.1. The Morgan fingerprint density at radius 2 is 2.40 bits per heavy atom. The maximum absolute atomic E-state index is 5.50. The van der Waals surface area contributed by atoms with E-state index in [1.54, 1.807) is 11.3 Å². The highest BCUT2D eigenvalue weighted by Gasteiger charge is 2.08. The van der Waals surface area contributed by atoms with Gasteiger partial charge in [0.1, 0.15) is 0 Å². The minimum Gasteiger partial charge on any atom is -0.382 e. The van der Waals surface area contributed by atoms with Crippen molar-refractivity contribution in [1.82, 2.24) is 5.43 Å². The second-order valence-corrected chi connectivity index (χ2v) is 5.81. The van der Waals surface area contributed by atoms with Gasteiger partial charge in [-0.25, -0.2) is 0 Å². The standard InChI is InChI=1S/C10H17BrN2OS/c1-2-14-6-5-8(13-12)7-9-3-4-10(11)15-9/h3-4,8,13H,2,5-7,12H2,1H3. The number of hydrogen-bond donors (Lipinski definition) is 2. The molecule has 0 aliphatic carbocycles. The van der Waals surface area contributed by atoms with Crippen molar-refractivity contribution >= 4 is 27.3 Å². The molecule has 1 heterocycles. The smallest absolute Gasteiger partial charge is 0.0701 e. The Hall–Kier alpha value is 0.0600. The Kier molecular flexibility index (Phi) is 6.43. The number of nitrogens with one attached hydrogen (secondary N) is 1. The third-order valence-corrected chi connectivity index (χ3v) is 3.77. The van der Waals surface area contributed by atoms with Gasteiger partial charge in [0.25, 0.3) is 0 Å². The van der Waals surface area contributed by atoms with Crippen LogP contribution in [0, 0.1) is 0 Å². The first-order chi connectivity index (χ1) is 7.26. The average Bonchev–Trinajstić information content (AvgIpc) is 2.63. The van der Waals surface area contributed by atoms with Gasteiger partial charge in [-0.3, -0.25) is 11.3 Å². The molecule has 0 aliphatic rings. The molecular weight excluding hydrogens is 276 g/mol. The summed E-state index contributed by atoms with van der Waals surface area (Å²) in [6.07, 6.45) is 1.90. The number of rotatable bonds is 7. The summed E-state index contributed by atoms with van der Waals surface area (Å²) in [5.74, 6) is 5.50. The van der Waals surface area contributed by atoms with Gasteiger partial charge in [0, 0.05) is 24.1 Å². The number of thiophene rings is 1. The first-order valence-corrected chi connectivity index (χ1v) is 6.65. The third-order valence-electron chi connectivity index (χ3n) is 2.13. The molecule has 1 atom stereocenters. The molecule has 3 nitrogen and oxygen atoms in total. The summed E-state index contributed by atoms with van der Waals surface area (Å²) in [5, 5.41) is 0. The van der Waals surface area contributed by atoms with Crippen LogP contribution >= 0.6 is 27.3 Å². The van der Waals surface area contributed by atoms with Crippen molar-refractivity contribution < 1.29 is 4.74 Å². The molecule has 0 fully saturated rings. The molecule has 1 unspecified atom stereocenters. The molecule has 0 amide bonds. The molecule has 0 saturated heterocycles. The highest BCUT2D eigenvalue weighted by Crippen LogP contribution is 2.23. The van der Waals surface area contributed by atoms with Crippen LogP contribution in [-0.2, 0) is 11.2 Å². The fourth-order valence-corrected chi connectivity index (χ4v) is 2.88. The molecule has 1 rings (SSSR count). The predicted molar refractivity (Wildman–Crippen MR) is 67.9 cm³/mol. The molecule has 1 aromatic heterocycles. The number of nitrogens with two attached hydrogens (primary N) is 1. The van der Waals surface area contributed by atoms with Crippen molar-refractivity contribution in [2.45, 2.75) is 25.8 Å². The van der Waals surface area contributed by atoms with Gasteiger partial charge in [-0.1, -0.05) is 0 Å². The summed E-state index contributed by atoms with van der Waals surface area (Å²) >= 11 is 5.20. The van der Waals surface area contributed by atoms with Crippen LogP contribution in [0.2, 0.25) is 0 Å². The molecule has 0 spiro atoms. The first kappa shape index (κ1) is 13.1. The Balaban J connectivity index is 2.33. The van der Waals surface area contributed by atoms with E-state index in [4.69, 9.17) is 10.6 Å². The summed E-state index contributed by atoms with van der Waals surface area (Å²) in [6, 6.07) is 4.48. The van der Waals surface area contributed by atoms with E-state index < -0.39 is 0 Å². The Labute approximate surface area is 103 Å². The van der Waals surface area contributed by atoms with Crippen LogP contribution in [0.4, 0.5) is 0 Å². The van der Waals surface area contributed by atoms with Crippen LogP contribution in [0.5, 0.6) is 0 Å². The maximum Gasteiger partial charge on any atom is 0.0701 e. The van der Waals surface area contributed by atoms with Crippen molar-refractivity contribution in [2.24, 2.45) is 5.84 Å². The molecule has 0 radical (unpaired) electrons. The van der Waals surface area contributed by atoms with Crippen LogP contribution in [-0.4, -0.2) is 19.3 Å². The Bertz CT molecular complexity index is 280. The Morgan fingerprint density at radius 3 is 2.93 bits per heavy atom. The van der Waals surface area contributed by atoms with Crippen LogP contribution < -0.4 is 11.3 Å². The highest BCUT2D eigenvalue weighted by atomic mass is 79.9. The number of hydrazine groups is 1. The van der Waals surface area contributed by atoms with Crippen molar-refractivity contribution in [3.05, 3.63) is 20.8 Å². The van der Waals surface area contributed by atoms with Crippen molar-refractivity contribution in [1.29, 1.82) is 0 Å². The van der Waals surface area contributed by atoms with E-state index in [9.17, 15) is 0 Å². The van der Waals surface area contributed by atoms with E-state index in [0.717, 1.165) is 29.8 Å². The summed E-state index contributed by atoms with van der Waals surface area (Å²) in [4.78, 5) is 1.33. The molecule has 0 bridgehead atoms. The molecule has 0 aromatic carbocycles. The van der Waals surface area contributed by atoms with Crippen molar-refractivity contribution in [3.63, 3.8) is 0 Å². The van der Waals surface area contributed by atoms with Gasteiger partial charge >= 0.3 is 0 Å². The van der Waals surface area contributed by atoms with E-state index >= 15 is 0 Å². The summed E-state index contributed by atoms with van der Waals surface area (Å²) in [6.45, 7) is 3.53. The summed E-state index contributed by atoms with van der Waals surface area (Å²) in [5.41, 5.74) is 2.83. The lowest BCUT2D eigenvalue weighted by molar-refractivity contribution is 0.136. The second-order valence-electron chi connectivity index (χ2n) is 3.26. The zero-order chi connectivity index (χ0) is 11.1. The van der Waals surface area contributed by atoms with Crippen molar-refractivity contribution in [2.75, 3.05) is 13.2 Å². The molecule has 0 saturated carbocycles. The van der Waals surface area contributed by atoms with Gasteiger partial charge < -0.3 is 4.74 Å². The Morgan fingerprint density at radius 1 is 1.60 bits per heavy atom.